The Balaban J connectivity index is 1.60. The van der Waals surface area contributed by atoms with Crippen LogP contribution >= 0.6 is 23.1 Å². The first-order valence-electron chi connectivity index (χ1n) is 7.65. The Labute approximate surface area is 150 Å². The van der Waals surface area contributed by atoms with Crippen molar-refractivity contribution >= 4 is 38.9 Å². The SMILES string of the molecule is N#C/C(=C(/O)CSc1n[nH]c(=O)n1C1CC1)c1nc2ccccc2s1. The van der Waals surface area contributed by atoms with E-state index in [0.717, 1.165) is 23.1 Å². The number of para-hydroxylation sites is 1. The number of thioether (sulfide) groups is 1. The van der Waals surface area contributed by atoms with Crippen LogP contribution in [0.25, 0.3) is 15.8 Å². The van der Waals surface area contributed by atoms with Gasteiger partial charge in [0.2, 0.25) is 0 Å². The van der Waals surface area contributed by atoms with Crippen molar-refractivity contribution in [3.05, 3.63) is 45.5 Å². The van der Waals surface area contributed by atoms with Gasteiger partial charge < -0.3 is 5.11 Å². The number of thiazole rings is 1. The molecule has 0 aliphatic heterocycles. The molecule has 1 aromatic carbocycles. The zero-order valence-corrected chi connectivity index (χ0v) is 14.6. The van der Waals surface area contributed by atoms with Gasteiger partial charge >= 0.3 is 5.69 Å². The van der Waals surface area contributed by atoms with Crippen LogP contribution in [-0.2, 0) is 0 Å². The van der Waals surface area contributed by atoms with E-state index in [0.29, 0.717) is 10.2 Å². The standard InChI is InChI=1S/C16H13N5O2S2/c17-7-10(14-18-11-3-1-2-4-13(11)25-14)12(22)8-24-16-20-19-15(23)21(16)9-5-6-9/h1-4,9,22H,5-6,8H2,(H,19,23)/b12-10-. The average Bonchev–Trinajstić information content (AvgIpc) is 3.24. The fourth-order valence-corrected chi connectivity index (χ4v) is 4.34. The molecule has 0 amide bonds. The Morgan fingerprint density at radius 2 is 2.28 bits per heavy atom. The number of aliphatic hydroxyl groups is 1. The van der Waals surface area contributed by atoms with Gasteiger partial charge in [0, 0.05) is 6.04 Å². The molecule has 2 heterocycles. The topological polar surface area (TPSA) is 108 Å². The highest BCUT2D eigenvalue weighted by atomic mass is 32.2. The first-order valence-corrected chi connectivity index (χ1v) is 9.45. The maximum Gasteiger partial charge on any atom is 0.344 e. The number of benzene rings is 1. The minimum absolute atomic E-state index is 0.0654. The summed E-state index contributed by atoms with van der Waals surface area (Å²) in [5, 5.41) is 27.3. The van der Waals surface area contributed by atoms with Crippen LogP contribution in [0.2, 0.25) is 0 Å². The van der Waals surface area contributed by atoms with Crippen LogP contribution in [-0.4, -0.2) is 30.6 Å². The van der Waals surface area contributed by atoms with E-state index in [2.05, 4.69) is 15.2 Å². The summed E-state index contributed by atoms with van der Waals surface area (Å²) in [6.07, 6.45) is 1.92. The number of aromatic amines is 1. The highest BCUT2D eigenvalue weighted by Gasteiger charge is 2.28. The van der Waals surface area contributed by atoms with Gasteiger partial charge in [-0.1, -0.05) is 23.9 Å². The van der Waals surface area contributed by atoms with Gasteiger partial charge in [0.15, 0.2) is 5.16 Å². The molecule has 126 valence electrons. The van der Waals surface area contributed by atoms with Crippen molar-refractivity contribution in [3.63, 3.8) is 0 Å². The van der Waals surface area contributed by atoms with Gasteiger partial charge in [-0.15, -0.1) is 16.4 Å². The molecule has 0 radical (unpaired) electrons. The third-order valence-corrected chi connectivity index (χ3v) is 5.85. The molecule has 2 aromatic heterocycles. The molecule has 1 aliphatic rings. The Morgan fingerprint density at radius 1 is 1.48 bits per heavy atom. The number of allylic oxidation sites excluding steroid dienone is 1. The summed E-state index contributed by atoms with van der Waals surface area (Å²) in [5.74, 6) is 0.0832. The minimum atomic E-state index is -0.236. The van der Waals surface area contributed by atoms with E-state index >= 15 is 0 Å². The molecule has 1 fully saturated rings. The van der Waals surface area contributed by atoms with Crippen LogP contribution in [0.3, 0.4) is 0 Å². The van der Waals surface area contributed by atoms with E-state index < -0.39 is 0 Å². The third kappa shape index (κ3) is 3.06. The maximum absolute atomic E-state index is 11.8. The van der Waals surface area contributed by atoms with Crippen molar-refractivity contribution in [2.75, 3.05) is 5.75 Å². The second-order valence-corrected chi connectivity index (χ2v) is 7.59. The zero-order valence-electron chi connectivity index (χ0n) is 13.0. The fourth-order valence-electron chi connectivity index (χ4n) is 2.47. The van der Waals surface area contributed by atoms with Gasteiger partial charge in [0.25, 0.3) is 0 Å². The number of fused-ring (bicyclic) bond motifs is 1. The van der Waals surface area contributed by atoms with Crippen molar-refractivity contribution in [1.82, 2.24) is 19.7 Å². The van der Waals surface area contributed by atoms with Crippen molar-refractivity contribution in [2.45, 2.75) is 24.0 Å². The highest BCUT2D eigenvalue weighted by molar-refractivity contribution is 7.99. The Hall–Kier alpha value is -2.57. The third-order valence-electron chi connectivity index (χ3n) is 3.83. The number of aromatic nitrogens is 4. The van der Waals surface area contributed by atoms with E-state index in [4.69, 9.17) is 0 Å². The summed E-state index contributed by atoms with van der Waals surface area (Å²) in [4.78, 5) is 16.2. The summed E-state index contributed by atoms with van der Waals surface area (Å²) in [6, 6.07) is 9.82. The molecule has 1 saturated carbocycles. The predicted octanol–water partition coefficient (Wildman–Crippen LogP) is 3.10. The van der Waals surface area contributed by atoms with E-state index in [1.54, 1.807) is 4.57 Å². The molecule has 0 bridgehead atoms. The largest absolute Gasteiger partial charge is 0.510 e. The molecule has 7 nitrogen and oxygen atoms in total. The summed E-state index contributed by atoms with van der Waals surface area (Å²) in [7, 11) is 0. The van der Waals surface area contributed by atoms with Gasteiger partial charge in [-0.25, -0.2) is 14.9 Å². The molecule has 0 unspecified atom stereocenters. The molecule has 0 atom stereocenters. The highest BCUT2D eigenvalue weighted by Crippen LogP contribution is 2.36. The van der Waals surface area contributed by atoms with Crippen LogP contribution in [0.5, 0.6) is 0 Å². The molecule has 3 aromatic rings. The van der Waals surface area contributed by atoms with Crippen LogP contribution in [0.4, 0.5) is 0 Å². The molecule has 2 N–H and O–H groups in total. The Bertz CT molecular complexity index is 1040. The van der Waals surface area contributed by atoms with Gasteiger partial charge in [-0.2, -0.15) is 5.26 Å². The second-order valence-electron chi connectivity index (χ2n) is 5.62. The number of nitrogens with zero attached hydrogens (tertiary/aromatic N) is 4. The number of rotatable bonds is 5. The number of hydrogen-bond donors (Lipinski definition) is 2. The minimum Gasteiger partial charge on any atom is -0.510 e. The van der Waals surface area contributed by atoms with Gasteiger partial charge in [0.05, 0.1) is 16.0 Å². The zero-order chi connectivity index (χ0) is 17.4. The molecule has 9 heteroatoms. The normalized spacial score (nSPS) is 15.2. The number of H-pyrrole nitrogens is 1. The summed E-state index contributed by atoms with van der Waals surface area (Å²) < 4.78 is 2.57. The first kappa shape index (κ1) is 15.9. The van der Waals surface area contributed by atoms with Crippen molar-refractivity contribution in [2.24, 2.45) is 0 Å². The van der Waals surface area contributed by atoms with Crippen LogP contribution in [0.15, 0.2) is 40.0 Å². The average molecular weight is 371 g/mol. The van der Waals surface area contributed by atoms with Crippen LogP contribution in [0, 0.1) is 11.3 Å². The monoisotopic (exact) mass is 371 g/mol. The van der Waals surface area contributed by atoms with Crippen LogP contribution in [0.1, 0.15) is 23.9 Å². The van der Waals surface area contributed by atoms with E-state index in [1.807, 2.05) is 30.3 Å². The van der Waals surface area contributed by atoms with Gasteiger partial charge in [0.1, 0.15) is 22.4 Å². The lowest BCUT2D eigenvalue weighted by Gasteiger charge is -2.04. The number of nitriles is 1. The first-order chi connectivity index (χ1) is 12.2. The molecular formula is C16H13N5O2S2. The quantitative estimate of drug-likeness (QED) is 0.405. The van der Waals surface area contributed by atoms with Crippen molar-refractivity contribution in [1.29, 1.82) is 5.26 Å². The molecular weight excluding hydrogens is 358 g/mol. The van der Waals surface area contributed by atoms with E-state index in [1.165, 1.54) is 23.1 Å². The lowest BCUT2D eigenvalue weighted by Crippen LogP contribution is -2.16. The number of hydrogen-bond acceptors (Lipinski definition) is 7. The van der Waals surface area contributed by atoms with E-state index in [-0.39, 0.29) is 28.8 Å². The molecule has 0 saturated heterocycles. The lowest BCUT2D eigenvalue weighted by molar-refractivity contribution is 0.420. The Morgan fingerprint density at radius 3 is 3.00 bits per heavy atom. The fraction of sp³-hybridized carbons (Fsp3) is 0.250. The summed E-state index contributed by atoms with van der Waals surface area (Å²) >= 11 is 2.59. The van der Waals surface area contributed by atoms with Gasteiger partial charge in [-0.3, -0.25) is 4.57 Å². The van der Waals surface area contributed by atoms with Gasteiger partial charge in [-0.05, 0) is 25.0 Å². The lowest BCUT2D eigenvalue weighted by atomic mass is 10.2. The Kier molecular flexibility index (Phi) is 4.07. The molecule has 1 aliphatic carbocycles. The van der Waals surface area contributed by atoms with Crippen LogP contribution < -0.4 is 5.69 Å². The number of aliphatic hydroxyl groups excluding tert-OH is 1. The number of nitrogens with one attached hydrogen (secondary N) is 1. The smallest absolute Gasteiger partial charge is 0.344 e. The van der Waals surface area contributed by atoms with Crippen molar-refractivity contribution in [3.8, 4) is 6.07 Å². The summed E-state index contributed by atoms with van der Waals surface area (Å²) in [6.45, 7) is 0. The molecule has 25 heavy (non-hydrogen) atoms. The maximum atomic E-state index is 11.8. The second kappa shape index (κ2) is 6.38. The summed E-state index contributed by atoms with van der Waals surface area (Å²) in [5.41, 5.74) is 0.718. The van der Waals surface area contributed by atoms with Crippen molar-refractivity contribution < 1.29 is 5.11 Å². The predicted molar refractivity (Wildman–Crippen MR) is 96.6 cm³/mol. The molecule has 4 rings (SSSR count). The van der Waals surface area contributed by atoms with E-state index in [9.17, 15) is 15.2 Å². The molecule has 0 spiro atoms.